The minimum atomic E-state index is -4.40. The summed E-state index contributed by atoms with van der Waals surface area (Å²) in [6.07, 6.45) is -4.45. The average molecular weight is 271 g/mol. The van der Waals surface area contributed by atoms with Gasteiger partial charge in [0.1, 0.15) is 0 Å². The highest BCUT2D eigenvalue weighted by molar-refractivity contribution is 5.31. The lowest BCUT2D eigenvalue weighted by Crippen LogP contribution is -2.10. The van der Waals surface area contributed by atoms with E-state index in [4.69, 9.17) is 10.3 Å². The summed E-state index contributed by atoms with van der Waals surface area (Å²) in [6.45, 7) is 1.65. The minimum absolute atomic E-state index is 0.0497. The first-order valence-electron chi connectivity index (χ1n) is 5.61. The second-order valence-corrected chi connectivity index (χ2v) is 4.17. The molecule has 0 radical (unpaired) electrons. The number of alkyl halides is 3. The molecule has 19 heavy (non-hydrogen) atoms. The maximum absolute atomic E-state index is 12.8. The molecule has 2 N–H and O–H groups in total. The van der Waals surface area contributed by atoms with E-state index in [2.05, 4.69) is 10.1 Å². The van der Waals surface area contributed by atoms with E-state index in [9.17, 15) is 13.2 Å². The number of benzene rings is 1. The Bertz CT molecular complexity index is 563. The largest absolute Gasteiger partial charge is 0.416 e. The van der Waals surface area contributed by atoms with Gasteiger partial charge in [-0.2, -0.15) is 18.2 Å². The fourth-order valence-corrected chi connectivity index (χ4v) is 1.65. The fourth-order valence-electron chi connectivity index (χ4n) is 1.65. The van der Waals surface area contributed by atoms with Gasteiger partial charge in [0.25, 0.3) is 0 Å². The molecule has 1 heterocycles. The first kappa shape index (κ1) is 13.5. The number of rotatable bonds is 3. The molecule has 0 bridgehead atoms. The summed E-state index contributed by atoms with van der Waals surface area (Å²) in [5.41, 5.74) is 4.95. The van der Waals surface area contributed by atoms with Crippen molar-refractivity contribution in [1.29, 1.82) is 0 Å². The quantitative estimate of drug-likeness (QED) is 0.932. The summed E-state index contributed by atoms with van der Waals surface area (Å²) in [6, 6.07) is 4.86. The van der Waals surface area contributed by atoms with Gasteiger partial charge < -0.3 is 10.3 Å². The highest BCUT2D eigenvalue weighted by atomic mass is 19.4. The van der Waals surface area contributed by atoms with Gasteiger partial charge >= 0.3 is 6.18 Å². The zero-order chi connectivity index (χ0) is 14.0. The van der Waals surface area contributed by atoms with Gasteiger partial charge in [-0.05, 0) is 18.6 Å². The van der Waals surface area contributed by atoms with E-state index in [1.54, 1.807) is 6.92 Å². The molecular formula is C12H12F3N3O. The zero-order valence-electron chi connectivity index (χ0n) is 10.1. The van der Waals surface area contributed by atoms with E-state index in [-0.39, 0.29) is 23.7 Å². The minimum Gasteiger partial charge on any atom is -0.338 e. The summed E-state index contributed by atoms with van der Waals surface area (Å²) in [5, 5.41) is 3.62. The Morgan fingerprint density at radius 2 is 2.00 bits per heavy atom. The van der Waals surface area contributed by atoms with E-state index >= 15 is 0 Å². The van der Waals surface area contributed by atoms with Crippen molar-refractivity contribution in [3.8, 4) is 0 Å². The second-order valence-electron chi connectivity index (χ2n) is 4.17. The number of nitrogens with two attached hydrogens (primary N) is 1. The van der Waals surface area contributed by atoms with E-state index in [1.165, 1.54) is 18.2 Å². The molecule has 1 aromatic carbocycles. The molecule has 0 saturated carbocycles. The molecule has 4 nitrogen and oxygen atoms in total. The Hall–Kier alpha value is -1.89. The molecule has 102 valence electrons. The van der Waals surface area contributed by atoms with Gasteiger partial charge in [0.2, 0.25) is 5.89 Å². The number of hydrogen-bond acceptors (Lipinski definition) is 4. The maximum atomic E-state index is 12.8. The average Bonchev–Trinajstić information content (AvgIpc) is 2.77. The molecule has 1 atom stereocenters. The lowest BCUT2D eigenvalue weighted by molar-refractivity contribution is -0.138. The van der Waals surface area contributed by atoms with E-state index in [1.807, 2.05) is 0 Å². The fraction of sp³-hybridized carbons (Fsp3) is 0.333. The Morgan fingerprint density at radius 3 is 2.58 bits per heavy atom. The molecule has 0 saturated heterocycles. The van der Waals surface area contributed by atoms with Crippen LogP contribution in [0, 0.1) is 0 Å². The van der Waals surface area contributed by atoms with E-state index < -0.39 is 17.8 Å². The summed E-state index contributed by atoms with van der Waals surface area (Å²) in [7, 11) is 0. The predicted octanol–water partition coefficient (Wildman–Crippen LogP) is 2.70. The van der Waals surface area contributed by atoms with Crippen molar-refractivity contribution < 1.29 is 17.7 Å². The Labute approximate surface area is 107 Å². The molecule has 0 aliphatic carbocycles. The Kier molecular flexibility index (Phi) is 3.57. The number of aromatic nitrogens is 2. The van der Waals surface area contributed by atoms with Crippen LogP contribution < -0.4 is 5.73 Å². The summed E-state index contributed by atoms with van der Waals surface area (Å²) in [5.74, 6) is 0.392. The molecule has 1 unspecified atom stereocenters. The standard InChI is InChI=1S/C12H12F3N3O/c1-7(16)11-17-10(18-19-11)6-8-4-2-3-5-9(8)12(13,14)15/h2-5,7H,6,16H2,1H3. The SMILES string of the molecule is CC(N)c1nc(Cc2ccccc2C(F)(F)F)no1. The van der Waals surface area contributed by atoms with Gasteiger partial charge in [0.15, 0.2) is 5.82 Å². The van der Waals surface area contributed by atoms with Crippen LogP contribution in [0.25, 0.3) is 0 Å². The van der Waals surface area contributed by atoms with Crippen molar-refractivity contribution in [3.63, 3.8) is 0 Å². The van der Waals surface area contributed by atoms with Crippen molar-refractivity contribution in [1.82, 2.24) is 10.1 Å². The number of hydrogen-bond donors (Lipinski definition) is 1. The molecule has 0 fully saturated rings. The summed E-state index contributed by atoms with van der Waals surface area (Å²) in [4.78, 5) is 3.96. The lowest BCUT2D eigenvalue weighted by Gasteiger charge is -2.10. The van der Waals surface area contributed by atoms with Crippen LogP contribution in [0.5, 0.6) is 0 Å². The van der Waals surface area contributed by atoms with Crippen molar-refractivity contribution in [2.24, 2.45) is 5.73 Å². The summed E-state index contributed by atoms with van der Waals surface area (Å²) < 4.78 is 43.3. The van der Waals surface area contributed by atoms with Crippen molar-refractivity contribution >= 4 is 0 Å². The van der Waals surface area contributed by atoms with E-state index in [0.717, 1.165) is 6.07 Å². The molecule has 0 aliphatic rings. The topological polar surface area (TPSA) is 64.9 Å². The molecule has 2 aromatic rings. The van der Waals surface area contributed by atoms with Crippen LogP contribution in [0.3, 0.4) is 0 Å². The zero-order valence-corrected chi connectivity index (χ0v) is 10.1. The van der Waals surface area contributed by atoms with Crippen LogP contribution in [-0.4, -0.2) is 10.1 Å². The van der Waals surface area contributed by atoms with E-state index in [0.29, 0.717) is 0 Å². The Morgan fingerprint density at radius 1 is 1.32 bits per heavy atom. The monoisotopic (exact) mass is 271 g/mol. The van der Waals surface area contributed by atoms with Gasteiger partial charge in [-0.25, -0.2) is 0 Å². The number of nitrogens with zero attached hydrogens (tertiary/aromatic N) is 2. The molecule has 1 aromatic heterocycles. The normalized spacial score (nSPS) is 13.5. The molecule has 0 aliphatic heterocycles. The van der Waals surface area contributed by atoms with Gasteiger partial charge in [0, 0.05) is 6.42 Å². The lowest BCUT2D eigenvalue weighted by atomic mass is 10.0. The Balaban J connectivity index is 2.28. The first-order valence-corrected chi connectivity index (χ1v) is 5.61. The number of halogens is 3. The van der Waals surface area contributed by atoms with Crippen molar-refractivity contribution in [2.75, 3.05) is 0 Å². The van der Waals surface area contributed by atoms with Crippen molar-refractivity contribution in [3.05, 3.63) is 47.1 Å². The molecule has 0 spiro atoms. The van der Waals surface area contributed by atoms with Gasteiger partial charge in [0.05, 0.1) is 11.6 Å². The third-order valence-corrected chi connectivity index (χ3v) is 2.54. The third-order valence-electron chi connectivity index (χ3n) is 2.54. The van der Waals surface area contributed by atoms with Gasteiger partial charge in [-0.15, -0.1) is 0 Å². The second kappa shape index (κ2) is 5.00. The van der Waals surface area contributed by atoms with Crippen LogP contribution in [0.15, 0.2) is 28.8 Å². The third kappa shape index (κ3) is 3.11. The predicted molar refractivity (Wildman–Crippen MR) is 61.2 cm³/mol. The molecular weight excluding hydrogens is 259 g/mol. The molecule has 2 rings (SSSR count). The highest BCUT2D eigenvalue weighted by Gasteiger charge is 2.33. The molecule has 0 amide bonds. The first-order chi connectivity index (χ1) is 8.88. The smallest absolute Gasteiger partial charge is 0.338 e. The summed E-state index contributed by atoms with van der Waals surface area (Å²) >= 11 is 0. The highest BCUT2D eigenvalue weighted by Crippen LogP contribution is 2.32. The van der Waals surface area contributed by atoms with Crippen LogP contribution >= 0.6 is 0 Å². The van der Waals surface area contributed by atoms with Gasteiger partial charge in [-0.3, -0.25) is 0 Å². The van der Waals surface area contributed by atoms with Crippen LogP contribution in [0.2, 0.25) is 0 Å². The van der Waals surface area contributed by atoms with Crippen LogP contribution in [0.4, 0.5) is 13.2 Å². The molecule has 7 heteroatoms. The van der Waals surface area contributed by atoms with Crippen LogP contribution in [0.1, 0.15) is 35.8 Å². The van der Waals surface area contributed by atoms with Crippen molar-refractivity contribution in [2.45, 2.75) is 25.6 Å². The van der Waals surface area contributed by atoms with Gasteiger partial charge in [-0.1, -0.05) is 23.4 Å². The maximum Gasteiger partial charge on any atom is 0.416 e. The van der Waals surface area contributed by atoms with Crippen LogP contribution in [-0.2, 0) is 12.6 Å².